The molecule has 0 saturated heterocycles. The van der Waals surface area contributed by atoms with Gasteiger partial charge in [0, 0.05) is 19.7 Å². The molecule has 1 aromatic rings. The summed E-state index contributed by atoms with van der Waals surface area (Å²) < 4.78 is 0. The molecule has 5 heteroatoms. The van der Waals surface area contributed by atoms with E-state index in [0.29, 0.717) is 5.82 Å². The van der Waals surface area contributed by atoms with Crippen molar-refractivity contribution in [1.29, 1.82) is 0 Å². The van der Waals surface area contributed by atoms with E-state index >= 15 is 0 Å². The molecule has 5 nitrogen and oxygen atoms in total. The molecule has 0 aliphatic carbocycles. The summed E-state index contributed by atoms with van der Waals surface area (Å²) in [6.45, 7) is 3.54. The number of carbonyl (C=O) groups excluding carboxylic acids is 1. The third-order valence-electron chi connectivity index (χ3n) is 2.63. The summed E-state index contributed by atoms with van der Waals surface area (Å²) >= 11 is 0. The molecule has 1 N–H and O–H groups in total. The molecule has 1 heterocycles. The van der Waals surface area contributed by atoms with Crippen LogP contribution in [0, 0.1) is 5.41 Å². The van der Waals surface area contributed by atoms with Crippen molar-refractivity contribution in [3.05, 3.63) is 24.4 Å². The zero-order valence-corrected chi connectivity index (χ0v) is 10.9. The van der Waals surface area contributed by atoms with Crippen molar-refractivity contribution < 1.29 is 14.7 Å². The lowest BCUT2D eigenvalue weighted by molar-refractivity contribution is -0.139. The summed E-state index contributed by atoms with van der Waals surface area (Å²) in [6.07, 6.45) is 1.75. The van der Waals surface area contributed by atoms with Gasteiger partial charge in [0.05, 0.1) is 6.42 Å². The summed E-state index contributed by atoms with van der Waals surface area (Å²) in [4.78, 5) is 28.3. The topological polar surface area (TPSA) is 70.5 Å². The van der Waals surface area contributed by atoms with Crippen molar-refractivity contribution in [1.82, 2.24) is 4.98 Å². The predicted octanol–water partition coefficient (Wildman–Crippen LogP) is 1.94. The minimum Gasteiger partial charge on any atom is -0.481 e. The van der Waals surface area contributed by atoms with Gasteiger partial charge in [0.15, 0.2) is 0 Å². The first-order valence-electron chi connectivity index (χ1n) is 5.71. The third-order valence-corrected chi connectivity index (χ3v) is 2.63. The molecule has 0 spiro atoms. The maximum absolute atomic E-state index is 12.0. The summed E-state index contributed by atoms with van der Waals surface area (Å²) in [7, 11) is 1.64. The van der Waals surface area contributed by atoms with Crippen molar-refractivity contribution in [3.8, 4) is 0 Å². The van der Waals surface area contributed by atoms with E-state index in [-0.39, 0.29) is 18.7 Å². The van der Waals surface area contributed by atoms with E-state index in [0.717, 1.165) is 0 Å². The van der Waals surface area contributed by atoms with Crippen molar-refractivity contribution in [2.75, 3.05) is 11.9 Å². The Hall–Kier alpha value is -1.91. The number of anilines is 1. The number of carboxylic acid groups (broad SMARTS) is 1. The van der Waals surface area contributed by atoms with Gasteiger partial charge in [0.25, 0.3) is 0 Å². The highest BCUT2D eigenvalue weighted by Crippen LogP contribution is 2.26. The van der Waals surface area contributed by atoms with E-state index in [1.54, 1.807) is 45.3 Å². The first-order valence-corrected chi connectivity index (χ1v) is 5.71. The second kappa shape index (κ2) is 5.62. The van der Waals surface area contributed by atoms with Crippen LogP contribution in [0.5, 0.6) is 0 Å². The first kappa shape index (κ1) is 14.2. The van der Waals surface area contributed by atoms with Crippen LogP contribution in [0.4, 0.5) is 5.82 Å². The van der Waals surface area contributed by atoms with Gasteiger partial charge in [0.2, 0.25) is 5.91 Å². The zero-order chi connectivity index (χ0) is 13.8. The normalized spacial score (nSPS) is 11.1. The number of nitrogens with zero attached hydrogens (tertiary/aromatic N) is 2. The van der Waals surface area contributed by atoms with E-state index in [9.17, 15) is 9.59 Å². The number of pyridine rings is 1. The Labute approximate surface area is 106 Å². The maximum atomic E-state index is 12.0. The van der Waals surface area contributed by atoms with Crippen LogP contribution >= 0.6 is 0 Å². The molecule has 0 aliphatic heterocycles. The highest BCUT2D eigenvalue weighted by atomic mass is 16.4. The summed E-state index contributed by atoms with van der Waals surface area (Å²) in [6, 6.07) is 5.31. The SMILES string of the molecule is CN(C(=O)CC(C)(C)CC(=O)O)c1ccccn1. The number of carboxylic acids is 1. The van der Waals surface area contributed by atoms with Gasteiger partial charge in [-0.3, -0.25) is 14.5 Å². The Morgan fingerprint density at radius 1 is 1.33 bits per heavy atom. The lowest BCUT2D eigenvalue weighted by atomic mass is 9.85. The van der Waals surface area contributed by atoms with Crippen molar-refractivity contribution in [3.63, 3.8) is 0 Å². The smallest absolute Gasteiger partial charge is 0.303 e. The number of carbonyl (C=O) groups is 2. The van der Waals surface area contributed by atoms with E-state index in [1.807, 2.05) is 0 Å². The Balaban J connectivity index is 2.68. The molecule has 1 rings (SSSR count). The highest BCUT2D eigenvalue weighted by Gasteiger charge is 2.27. The van der Waals surface area contributed by atoms with Gasteiger partial charge in [0.1, 0.15) is 5.82 Å². The van der Waals surface area contributed by atoms with Crippen molar-refractivity contribution in [2.45, 2.75) is 26.7 Å². The van der Waals surface area contributed by atoms with Crippen LogP contribution in [0.1, 0.15) is 26.7 Å². The molecule has 18 heavy (non-hydrogen) atoms. The molecule has 0 saturated carbocycles. The molecule has 0 radical (unpaired) electrons. The summed E-state index contributed by atoms with van der Waals surface area (Å²) in [5, 5.41) is 8.78. The second-order valence-electron chi connectivity index (χ2n) is 5.05. The Bertz CT molecular complexity index is 429. The average Bonchev–Trinajstić information content (AvgIpc) is 2.26. The number of rotatable bonds is 5. The molecular weight excluding hydrogens is 232 g/mol. The summed E-state index contributed by atoms with van der Waals surface area (Å²) in [5.74, 6) is -0.470. The van der Waals surface area contributed by atoms with Crippen LogP contribution in [0.25, 0.3) is 0 Å². The molecule has 0 atom stereocenters. The van der Waals surface area contributed by atoms with E-state index in [1.165, 1.54) is 4.90 Å². The summed E-state index contributed by atoms with van der Waals surface area (Å²) in [5.41, 5.74) is -0.564. The number of aliphatic carboxylic acids is 1. The van der Waals surface area contributed by atoms with Gasteiger partial charge in [-0.25, -0.2) is 4.98 Å². The van der Waals surface area contributed by atoms with Gasteiger partial charge in [-0.2, -0.15) is 0 Å². The predicted molar refractivity (Wildman–Crippen MR) is 68.3 cm³/mol. The van der Waals surface area contributed by atoms with Crippen LogP contribution in [0.2, 0.25) is 0 Å². The van der Waals surface area contributed by atoms with Crippen LogP contribution in [-0.4, -0.2) is 29.0 Å². The molecular formula is C13H18N2O3. The maximum Gasteiger partial charge on any atom is 0.303 e. The van der Waals surface area contributed by atoms with Gasteiger partial charge >= 0.3 is 5.97 Å². The minimum atomic E-state index is -0.895. The zero-order valence-electron chi connectivity index (χ0n) is 10.9. The third kappa shape index (κ3) is 4.16. The van der Waals surface area contributed by atoms with Crippen molar-refractivity contribution >= 4 is 17.7 Å². The monoisotopic (exact) mass is 250 g/mol. The lowest BCUT2D eigenvalue weighted by Gasteiger charge is -2.25. The van der Waals surface area contributed by atoms with E-state index < -0.39 is 11.4 Å². The van der Waals surface area contributed by atoms with Crippen molar-refractivity contribution in [2.24, 2.45) is 5.41 Å². The minimum absolute atomic E-state index is 0.0329. The van der Waals surface area contributed by atoms with Crippen LogP contribution in [0.15, 0.2) is 24.4 Å². The lowest BCUT2D eigenvalue weighted by Crippen LogP contribution is -2.32. The molecule has 98 valence electrons. The number of hydrogen-bond acceptors (Lipinski definition) is 3. The van der Waals surface area contributed by atoms with Gasteiger partial charge in [-0.15, -0.1) is 0 Å². The number of aromatic nitrogens is 1. The Kier molecular flexibility index (Phi) is 4.42. The van der Waals surface area contributed by atoms with E-state index in [2.05, 4.69) is 4.98 Å². The average molecular weight is 250 g/mol. The van der Waals surface area contributed by atoms with Gasteiger partial charge in [-0.1, -0.05) is 19.9 Å². The standard InChI is InChI=1S/C13H18N2O3/c1-13(2,9-12(17)18)8-11(16)15(3)10-6-4-5-7-14-10/h4-7H,8-9H2,1-3H3,(H,17,18). The quantitative estimate of drug-likeness (QED) is 0.866. The number of amides is 1. The molecule has 0 fully saturated rings. The highest BCUT2D eigenvalue weighted by molar-refractivity contribution is 5.92. The molecule has 0 unspecified atom stereocenters. The van der Waals surface area contributed by atoms with E-state index in [4.69, 9.17) is 5.11 Å². The molecule has 1 amide bonds. The molecule has 0 aromatic carbocycles. The fourth-order valence-electron chi connectivity index (χ4n) is 1.68. The van der Waals surface area contributed by atoms with Gasteiger partial charge < -0.3 is 5.11 Å². The molecule has 1 aromatic heterocycles. The fourth-order valence-corrected chi connectivity index (χ4v) is 1.68. The Morgan fingerprint density at radius 3 is 2.50 bits per heavy atom. The first-order chi connectivity index (χ1) is 8.32. The van der Waals surface area contributed by atoms with Crippen LogP contribution < -0.4 is 4.90 Å². The molecule has 0 bridgehead atoms. The van der Waals surface area contributed by atoms with Gasteiger partial charge in [-0.05, 0) is 17.5 Å². The van der Waals surface area contributed by atoms with Crippen LogP contribution in [0.3, 0.4) is 0 Å². The Morgan fingerprint density at radius 2 is 2.00 bits per heavy atom. The second-order valence-corrected chi connectivity index (χ2v) is 5.05. The number of hydrogen-bond donors (Lipinski definition) is 1. The largest absolute Gasteiger partial charge is 0.481 e. The molecule has 0 aliphatic rings. The van der Waals surface area contributed by atoms with Crippen LogP contribution in [-0.2, 0) is 9.59 Å². The fraction of sp³-hybridized carbons (Fsp3) is 0.462.